The highest BCUT2D eigenvalue weighted by atomic mass is 32.1. The van der Waals surface area contributed by atoms with Gasteiger partial charge in [0.25, 0.3) is 0 Å². The van der Waals surface area contributed by atoms with Crippen LogP contribution in [0.1, 0.15) is 25.8 Å². The molecule has 0 aliphatic carbocycles. The molecule has 0 saturated heterocycles. The molecule has 0 aliphatic heterocycles. The number of hydrogen-bond acceptors (Lipinski definition) is 4. The van der Waals surface area contributed by atoms with Gasteiger partial charge in [-0.3, -0.25) is 4.79 Å². The smallest absolute Gasteiger partial charge is 0.326 e. The summed E-state index contributed by atoms with van der Waals surface area (Å²) < 4.78 is 0. The molecule has 122 valence electrons. The maximum atomic E-state index is 12.1. The first kappa shape index (κ1) is 18.5. The third-order valence-electron chi connectivity index (χ3n) is 3.31. The van der Waals surface area contributed by atoms with E-state index >= 15 is 0 Å². The van der Waals surface area contributed by atoms with Crippen molar-refractivity contribution >= 4 is 24.5 Å². The fourth-order valence-corrected chi connectivity index (χ4v) is 2.32. The molecule has 0 saturated carbocycles. The average molecular weight is 324 g/mol. The Morgan fingerprint density at radius 3 is 2.36 bits per heavy atom. The Kier molecular flexibility index (Phi) is 7.41. The van der Waals surface area contributed by atoms with Crippen LogP contribution in [0.25, 0.3) is 0 Å². The van der Waals surface area contributed by atoms with Crippen molar-refractivity contribution in [1.82, 2.24) is 5.32 Å². The number of nitrogens with two attached hydrogens (primary N) is 1. The fourth-order valence-electron chi connectivity index (χ4n) is 2.14. The first-order valence-corrected chi connectivity index (χ1v) is 7.83. The Bertz CT molecular complexity index is 493. The van der Waals surface area contributed by atoms with E-state index in [1.165, 1.54) is 0 Å². The second kappa shape index (κ2) is 8.80. The quantitative estimate of drug-likeness (QED) is 0.545. The van der Waals surface area contributed by atoms with E-state index in [1.807, 2.05) is 44.2 Å². The number of carbonyl (C=O) groups excluding carboxylic acids is 1. The van der Waals surface area contributed by atoms with Gasteiger partial charge in [-0.1, -0.05) is 44.2 Å². The predicted octanol–water partition coefficient (Wildman–Crippen LogP) is 1.47. The molecular formula is C16H24N2O3S. The van der Waals surface area contributed by atoms with Gasteiger partial charge in [0.2, 0.25) is 5.91 Å². The number of carbonyl (C=O) groups is 2. The molecule has 5 nitrogen and oxygen atoms in total. The Hall–Kier alpha value is -1.53. The zero-order valence-corrected chi connectivity index (χ0v) is 13.8. The summed E-state index contributed by atoms with van der Waals surface area (Å²) >= 11 is 4.25. The van der Waals surface area contributed by atoms with E-state index in [4.69, 9.17) is 10.8 Å². The maximum Gasteiger partial charge on any atom is 0.326 e. The number of rotatable bonds is 8. The molecule has 0 aromatic heterocycles. The molecule has 3 atom stereocenters. The summed E-state index contributed by atoms with van der Waals surface area (Å²) in [4.78, 5) is 23.3. The minimum Gasteiger partial charge on any atom is -0.480 e. The molecule has 1 aromatic carbocycles. The van der Waals surface area contributed by atoms with E-state index in [-0.39, 0.29) is 5.92 Å². The zero-order chi connectivity index (χ0) is 16.7. The monoisotopic (exact) mass is 324 g/mol. The highest BCUT2D eigenvalue weighted by Gasteiger charge is 2.27. The largest absolute Gasteiger partial charge is 0.480 e. The molecule has 4 N–H and O–H groups in total. The molecular weight excluding hydrogens is 300 g/mol. The second-order valence-electron chi connectivity index (χ2n) is 5.83. The van der Waals surface area contributed by atoms with Gasteiger partial charge < -0.3 is 16.2 Å². The van der Waals surface area contributed by atoms with Gasteiger partial charge in [-0.15, -0.1) is 0 Å². The molecule has 0 radical (unpaired) electrons. The van der Waals surface area contributed by atoms with Crippen molar-refractivity contribution in [1.29, 1.82) is 0 Å². The highest BCUT2D eigenvalue weighted by Crippen LogP contribution is 2.11. The minimum absolute atomic E-state index is 0.165. The van der Waals surface area contributed by atoms with E-state index in [1.54, 1.807) is 0 Å². The number of amides is 1. The second-order valence-corrected chi connectivity index (χ2v) is 6.38. The molecule has 0 heterocycles. The molecule has 0 fully saturated rings. The third-order valence-corrected chi connectivity index (χ3v) is 3.93. The van der Waals surface area contributed by atoms with Crippen LogP contribution in [-0.2, 0) is 16.0 Å². The minimum atomic E-state index is -1.04. The number of nitrogens with one attached hydrogen (secondary N) is 1. The van der Waals surface area contributed by atoms with E-state index in [0.717, 1.165) is 5.56 Å². The van der Waals surface area contributed by atoms with Crippen molar-refractivity contribution in [3.05, 3.63) is 35.9 Å². The first-order chi connectivity index (χ1) is 10.3. The lowest BCUT2D eigenvalue weighted by molar-refractivity contribution is -0.142. The van der Waals surface area contributed by atoms with Crippen molar-refractivity contribution < 1.29 is 14.7 Å². The molecule has 0 spiro atoms. The number of thiol groups is 1. The van der Waals surface area contributed by atoms with Crippen LogP contribution >= 0.6 is 12.6 Å². The molecule has 22 heavy (non-hydrogen) atoms. The molecule has 0 aliphatic rings. The summed E-state index contributed by atoms with van der Waals surface area (Å²) in [6.07, 6.45) is 0.875. The SMILES string of the molecule is CC(C)C[C@H](NC(=O)C(S)C(N)Cc1ccccc1)C(=O)O. The van der Waals surface area contributed by atoms with Gasteiger partial charge in [-0.05, 0) is 24.3 Å². The number of benzene rings is 1. The summed E-state index contributed by atoms with van der Waals surface area (Å²) in [6, 6.07) is 8.17. The molecule has 1 aromatic rings. The van der Waals surface area contributed by atoms with E-state index < -0.39 is 29.2 Å². The summed E-state index contributed by atoms with van der Waals surface area (Å²) in [6.45, 7) is 3.81. The number of aliphatic carboxylic acids is 1. The van der Waals surface area contributed by atoms with Crippen LogP contribution in [0.5, 0.6) is 0 Å². The number of hydrogen-bond donors (Lipinski definition) is 4. The van der Waals surface area contributed by atoms with E-state index in [0.29, 0.717) is 12.8 Å². The average Bonchev–Trinajstić information content (AvgIpc) is 2.46. The van der Waals surface area contributed by atoms with E-state index in [9.17, 15) is 9.59 Å². The molecule has 1 amide bonds. The lowest BCUT2D eigenvalue weighted by atomic mass is 10.0. The summed E-state index contributed by atoms with van der Waals surface area (Å²) in [5.74, 6) is -1.32. The zero-order valence-electron chi connectivity index (χ0n) is 12.9. The van der Waals surface area contributed by atoms with E-state index in [2.05, 4.69) is 17.9 Å². The topological polar surface area (TPSA) is 92.4 Å². The number of carboxylic acids is 1. The van der Waals surface area contributed by atoms with Crippen LogP contribution in [0.2, 0.25) is 0 Å². The van der Waals surface area contributed by atoms with Crippen molar-refractivity contribution in [3.63, 3.8) is 0 Å². The molecule has 0 bridgehead atoms. The normalized spacial score (nSPS) is 15.1. The van der Waals surface area contributed by atoms with Gasteiger partial charge in [-0.2, -0.15) is 12.6 Å². The Morgan fingerprint density at radius 1 is 1.27 bits per heavy atom. The van der Waals surface area contributed by atoms with Gasteiger partial charge in [0.15, 0.2) is 0 Å². The van der Waals surface area contributed by atoms with Crippen molar-refractivity contribution in [2.24, 2.45) is 11.7 Å². The van der Waals surface area contributed by atoms with Gasteiger partial charge in [0.1, 0.15) is 6.04 Å². The molecule has 1 rings (SSSR count). The summed E-state index contributed by atoms with van der Waals surface area (Å²) in [5.41, 5.74) is 7.03. The third kappa shape index (κ3) is 6.07. The molecule has 2 unspecified atom stereocenters. The predicted molar refractivity (Wildman–Crippen MR) is 89.9 cm³/mol. The summed E-state index contributed by atoms with van der Waals surface area (Å²) in [7, 11) is 0. The molecule has 6 heteroatoms. The number of carboxylic acid groups (broad SMARTS) is 1. The Labute approximate surface area is 136 Å². The van der Waals surface area contributed by atoms with Gasteiger partial charge in [-0.25, -0.2) is 4.79 Å². The van der Waals surface area contributed by atoms with Crippen molar-refractivity contribution in [2.45, 2.75) is 44.0 Å². The van der Waals surface area contributed by atoms with Crippen LogP contribution < -0.4 is 11.1 Å². The van der Waals surface area contributed by atoms with Crippen molar-refractivity contribution in [2.75, 3.05) is 0 Å². The fraction of sp³-hybridized carbons (Fsp3) is 0.500. The van der Waals surface area contributed by atoms with Crippen LogP contribution in [0.4, 0.5) is 0 Å². The van der Waals surface area contributed by atoms with Crippen LogP contribution in [0.3, 0.4) is 0 Å². The lowest BCUT2D eigenvalue weighted by Crippen LogP contribution is -2.50. The highest BCUT2D eigenvalue weighted by molar-refractivity contribution is 7.81. The lowest BCUT2D eigenvalue weighted by Gasteiger charge is -2.22. The van der Waals surface area contributed by atoms with Crippen molar-refractivity contribution in [3.8, 4) is 0 Å². The van der Waals surface area contributed by atoms with Crippen LogP contribution in [-0.4, -0.2) is 34.3 Å². The van der Waals surface area contributed by atoms with Gasteiger partial charge >= 0.3 is 5.97 Å². The van der Waals surface area contributed by atoms with Gasteiger partial charge in [0, 0.05) is 6.04 Å². The Balaban J connectivity index is 2.61. The Morgan fingerprint density at radius 2 is 1.86 bits per heavy atom. The first-order valence-electron chi connectivity index (χ1n) is 7.32. The van der Waals surface area contributed by atoms with Crippen LogP contribution in [0, 0.1) is 5.92 Å². The van der Waals surface area contributed by atoms with Crippen LogP contribution in [0.15, 0.2) is 30.3 Å². The maximum absolute atomic E-state index is 12.1. The summed E-state index contributed by atoms with van der Waals surface area (Å²) in [5, 5.41) is 10.9. The standard InChI is InChI=1S/C16H24N2O3S/c1-10(2)8-13(16(20)21)18-15(19)14(22)12(17)9-11-6-4-3-5-7-11/h3-7,10,12-14,22H,8-9,17H2,1-2H3,(H,18,19)(H,20,21)/t12?,13-,14?/m0/s1. The van der Waals surface area contributed by atoms with Gasteiger partial charge in [0.05, 0.1) is 5.25 Å².